The molecule has 9 nitrogen and oxygen atoms in total. The van der Waals surface area contributed by atoms with Crippen LogP contribution in [0.15, 0.2) is 30.5 Å². The lowest BCUT2D eigenvalue weighted by atomic mass is 9.88. The minimum atomic E-state index is -0.997. The number of aryl methyl sites for hydroxylation is 1. The van der Waals surface area contributed by atoms with E-state index < -0.39 is 29.5 Å². The maximum absolute atomic E-state index is 13.9. The Morgan fingerprint density at radius 1 is 1.11 bits per heavy atom. The zero-order valence-corrected chi connectivity index (χ0v) is 22.3. The number of carboxylic acid groups (broad SMARTS) is 1. The van der Waals surface area contributed by atoms with Gasteiger partial charge in [0, 0.05) is 63.0 Å². The molecular weight excluding hydrogens is 474 g/mol. The molecule has 2 atom stereocenters. The summed E-state index contributed by atoms with van der Waals surface area (Å²) in [6, 6.07) is 8.33. The van der Waals surface area contributed by atoms with Crippen LogP contribution < -0.4 is 0 Å². The van der Waals surface area contributed by atoms with Crippen LogP contribution in [0.4, 0.5) is 4.79 Å². The second-order valence-electron chi connectivity index (χ2n) is 11.3. The summed E-state index contributed by atoms with van der Waals surface area (Å²) >= 11 is 0. The average Bonchev–Trinajstić information content (AvgIpc) is 3.63. The van der Waals surface area contributed by atoms with Crippen molar-refractivity contribution in [2.75, 3.05) is 26.8 Å². The summed E-state index contributed by atoms with van der Waals surface area (Å²) in [7, 11) is 1.70. The van der Waals surface area contributed by atoms with E-state index in [0.29, 0.717) is 13.2 Å². The molecule has 202 valence electrons. The van der Waals surface area contributed by atoms with Gasteiger partial charge in [-0.1, -0.05) is 18.2 Å². The summed E-state index contributed by atoms with van der Waals surface area (Å²) in [5.74, 6) is -2.47. The maximum atomic E-state index is 13.9. The number of piperidine rings is 1. The van der Waals surface area contributed by atoms with Gasteiger partial charge in [0.1, 0.15) is 5.60 Å². The number of methoxy groups -OCH3 is 1. The molecule has 2 aromatic rings. The summed E-state index contributed by atoms with van der Waals surface area (Å²) in [5.41, 5.74) is 1.49. The molecule has 1 aromatic carbocycles. The summed E-state index contributed by atoms with van der Waals surface area (Å²) in [4.78, 5) is 41.9. The highest BCUT2D eigenvalue weighted by Gasteiger charge is 2.43. The fourth-order valence-corrected chi connectivity index (χ4v) is 5.14. The number of aliphatic carboxylic acids is 1. The molecule has 37 heavy (non-hydrogen) atoms. The molecule has 0 radical (unpaired) electrons. The number of amides is 2. The predicted octanol–water partition coefficient (Wildman–Crippen LogP) is 4.13. The van der Waals surface area contributed by atoms with Crippen molar-refractivity contribution in [3.05, 3.63) is 36.0 Å². The van der Waals surface area contributed by atoms with Crippen molar-refractivity contribution in [1.82, 2.24) is 14.4 Å². The number of nitrogens with zero attached hydrogens (tertiary/aromatic N) is 3. The second-order valence-corrected chi connectivity index (χ2v) is 11.3. The van der Waals surface area contributed by atoms with Gasteiger partial charge in [0.25, 0.3) is 0 Å². The first-order valence-electron chi connectivity index (χ1n) is 13.1. The van der Waals surface area contributed by atoms with Crippen LogP contribution in [0.25, 0.3) is 10.9 Å². The van der Waals surface area contributed by atoms with E-state index in [2.05, 4.69) is 22.9 Å². The molecule has 0 spiro atoms. The third-order valence-electron chi connectivity index (χ3n) is 7.03. The lowest BCUT2D eigenvalue weighted by Crippen LogP contribution is -2.52. The van der Waals surface area contributed by atoms with Crippen molar-refractivity contribution in [3.8, 4) is 0 Å². The third-order valence-corrected chi connectivity index (χ3v) is 7.03. The van der Waals surface area contributed by atoms with E-state index >= 15 is 0 Å². The number of likely N-dealkylation sites (tertiary alicyclic amines) is 1. The SMILES string of the molecule is COCCCn1cc(CN(C(=O)C2CC(C(=O)O)CN(C(=O)OC(C)(C)C)C2)C2CC2)c2ccccc21. The fraction of sp³-hybridized carbons (Fsp3) is 0.607. The molecule has 1 saturated heterocycles. The lowest BCUT2D eigenvalue weighted by molar-refractivity contribution is -0.147. The number of aromatic nitrogens is 1. The van der Waals surface area contributed by atoms with Crippen molar-refractivity contribution in [2.24, 2.45) is 11.8 Å². The van der Waals surface area contributed by atoms with Gasteiger partial charge >= 0.3 is 12.1 Å². The molecule has 2 fully saturated rings. The molecule has 1 aliphatic heterocycles. The number of carbonyl (C=O) groups is 3. The van der Waals surface area contributed by atoms with Crippen LogP contribution >= 0.6 is 0 Å². The van der Waals surface area contributed by atoms with E-state index in [-0.39, 0.29) is 31.5 Å². The molecule has 2 aliphatic rings. The Balaban J connectivity index is 1.56. The monoisotopic (exact) mass is 513 g/mol. The zero-order valence-electron chi connectivity index (χ0n) is 22.3. The van der Waals surface area contributed by atoms with E-state index in [1.807, 2.05) is 17.0 Å². The fourth-order valence-electron chi connectivity index (χ4n) is 5.14. The van der Waals surface area contributed by atoms with Gasteiger partial charge in [-0.25, -0.2) is 4.79 Å². The van der Waals surface area contributed by atoms with Gasteiger partial charge in [-0.15, -0.1) is 0 Å². The maximum Gasteiger partial charge on any atom is 0.410 e. The first kappa shape index (κ1) is 27.0. The van der Waals surface area contributed by atoms with Gasteiger partial charge in [-0.05, 0) is 58.1 Å². The molecule has 9 heteroatoms. The van der Waals surface area contributed by atoms with Crippen molar-refractivity contribution < 1.29 is 29.0 Å². The van der Waals surface area contributed by atoms with Crippen molar-refractivity contribution in [2.45, 2.75) is 71.2 Å². The topological polar surface area (TPSA) is 101 Å². The van der Waals surface area contributed by atoms with E-state index in [0.717, 1.165) is 42.3 Å². The van der Waals surface area contributed by atoms with E-state index in [1.165, 1.54) is 4.90 Å². The van der Waals surface area contributed by atoms with Gasteiger partial charge in [0.05, 0.1) is 11.8 Å². The van der Waals surface area contributed by atoms with Gasteiger partial charge < -0.3 is 28.9 Å². The Morgan fingerprint density at radius 2 is 1.81 bits per heavy atom. The van der Waals surface area contributed by atoms with Crippen molar-refractivity contribution in [1.29, 1.82) is 0 Å². The van der Waals surface area contributed by atoms with Crippen LogP contribution in [-0.4, -0.2) is 75.9 Å². The van der Waals surface area contributed by atoms with Crippen LogP contribution in [-0.2, 0) is 32.2 Å². The number of hydrogen-bond acceptors (Lipinski definition) is 5. The first-order chi connectivity index (χ1) is 17.6. The summed E-state index contributed by atoms with van der Waals surface area (Å²) < 4.78 is 12.9. The number of rotatable bonds is 9. The molecule has 1 aromatic heterocycles. The average molecular weight is 514 g/mol. The van der Waals surface area contributed by atoms with Crippen LogP contribution in [0.2, 0.25) is 0 Å². The smallest absolute Gasteiger partial charge is 0.410 e. The Morgan fingerprint density at radius 3 is 2.46 bits per heavy atom. The Hall–Kier alpha value is -3.07. The Kier molecular flexibility index (Phi) is 8.11. The van der Waals surface area contributed by atoms with Crippen molar-refractivity contribution in [3.63, 3.8) is 0 Å². The van der Waals surface area contributed by atoms with Crippen molar-refractivity contribution >= 4 is 28.9 Å². The molecule has 2 amide bonds. The van der Waals surface area contributed by atoms with E-state index in [4.69, 9.17) is 9.47 Å². The van der Waals surface area contributed by atoms with E-state index in [9.17, 15) is 19.5 Å². The van der Waals surface area contributed by atoms with Gasteiger partial charge in [0.2, 0.25) is 5.91 Å². The highest BCUT2D eigenvalue weighted by atomic mass is 16.6. The molecular formula is C28H39N3O6. The minimum Gasteiger partial charge on any atom is -0.481 e. The van der Waals surface area contributed by atoms with Gasteiger partial charge in [0.15, 0.2) is 0 Å². The number of ether oxygens (including phenoxy) is 2. The summed E-state index contributed by atoms with van der Waals surface area (Å²) in [5, 5.41) is 10.9. The number of fused-ring (bicyclic) bond motifs is 1. The highest BCUT2D eigenvalue weighted by Crippen LogP contribution is 2.34. The lowest BCUT2D eigenvalue weighted by Gasteiger charge is -2.38. The van der Waals surface area contributed by atoms with E-state index in [1.54, 1.807) is 27.9 Å². The zero-order chi connectivity index (χ0) is 26.7. The largest absolute Gasteiger partial charge is 0.481 e. The molecule has 0 bridgehead atoms. The quantitative estimate of drug-likeness (QED) is 0.506. The minimum absolute atomic E-state index is 0.0480. The summed E-state index contributed by atoms with van der Waals surface area (Å²) in [6.07, 6.45) is 4.52. The van der Waals surface area contributed by atoms with Gasteiger partial charge in [-0.2, -0.15) is 0 Å². The predicted molar refractivity (Wildman–Crippen MR) is 139 cm³/mol. The molecule has 1 aliphatic carbocycles. The number of benzene rings is 1. The van der Waals surface area contributed by atoms with Crippen LogP contribution in [0, 0.1) is 11.8 Å². The van der Waals surface area contributed by atoms with Gasteiger partial charge in [-0.3, -0.25) is 9.59 Å². The molecule has 1 saturated carbocycles. The molecule has 1 N–H and O–H groups in total. The number of hydrogen-bond donors (Lipinski definition) is 1. The molecule has 2 heterocycles. The van der Waals surface area contributed by atoms with Crippen LogP contribution in [0.5, 0.6) is 0 Å². The number of carboxylic acids is 1. The molecule has 4 rings (SSSR count). The number of carbonyl (C=O) groups excluding carboxylic acids is 2. The van der Waals surface area contributed by atoms with Crippen LogP contribution in [0.3, 0.4) is 0 Å². The highest BCUT2D eigenvalue weighted by molar-refractivity contribution is 5.86. The Labute approximate surface area is 218 Å². The standard InChI is InChI=1S/C28H39N3O6/c1-28(2,3)37-27(35)30-15-19(14-20(16-30)26(33)34)25(32)31(22-10-11-22)18-21-17-29(12-7-13-36-4)24-9-6-5-8-23(21)24/h5-6,8-9,17,19-20,22H,7,10-16,18H2,1-4H3,(H,33,34). The normalized spacial score (nSPS) is 20.2. The van der Waals surface area contributed by atoms with Crippen LogP contribution in [0.1, 0.15) is 52.0 Å². The first-order valence-corrected chi connectivity index (χ1v) is 13.1. The summed E-state index contributed by atoms with van der Waals surface area (Å²) in [6.45, 7) is 7.48. The third kappa shape index (κ3) is 6.63. The second kappa shape index (κ2) is 11.1. The Bertz CT molecular complexity index is 1130. The number of para-hydroxylation sites is 1. The molecule has 2 unspecified atom stereocenters.